The molecule has 0 aliphatic carbocycles. The van der Waals surface area contributed by atoms with Crippen LogP contribution >= 0.6 is 7.82 Å². The Morgan fingerprint density at radius 3 is 1.21 bits per heavy atom. The minimum atomic E-state index is -4.89. The number of aliphatic hydroxyl groups excluding tert-OH is 1. The van der Waals surface area contributed by atoms with Crippen LogP contribution < -0.4 is 10.6 Å². The van der Waals surface area contributed by atoms with Crippen LogP contribution in [0.1, 0.15) is 123 Å². The normalized spacial score (nSPS) is 11.4. The van der Waals surface area contributed by atoms with Gasteiger partial charge in [0.05, 0.1) is 27.2 Å². The maximum atomic E-state index is 8.77. The third-order valence-electron chi connectivity index (χ3n) is 5.59. The predicted molar refractivity (Wildman–Crippen MR) is 140 cm³/mol. The number of nitrogens with zero attached hydrogens (tertiary/aromatic N) is 1. The Morgan fingerprint density at radius 1 is 0.667 bits per heavy atom. The molecule has 0 rings (SSSR count). The van der Waals surface area contributed by atoms with E-state index in [1.165, 1.54) is 109 Å². The number of hydrogen-bond donors (Lipinski definition) is 4. The van der Waals surface area contributed by atoms with E-state index in [9.17, 15) is 0 Å². The largest absolute Gasteiger partial charge is 0.756 e. The minimum Gasteiger partial charge on any atom is -0.756 e. The number of unbranched alkanes of at least 4 members (excludes halogenated alkanes) is 15. The first-order valence-electron chi connectivity index (χ1n) is 13.4. The average Bonchev–Trinajstić information content (AvgIpc) is 2.70. The second-order valence-corrected chi connectivity index (χ2v) is 10.7. The van der Waals surface area contributed by atoms with Gasteiger partial charge in [-0.3, -0.25) is 4.57 Å². The molecular formula is C25H59N2O5P. The Labute approximate surface area is 206 Å². The van der Waals surface area contributed by atoms with Gasteiger partial charge in [0.25, 0.3) is 7.82 Å². The SMILES string of the molecule is CCCCCCCCCCCCCCCCCCN.CCC[N+](C)(C)CCO.O=P([O-])(O)O. The molecule has 7 nitrogen and oxygen atoms in total. The van der Waals surface area contributed by atoms with Crippen molar-refractivity contribution in [3.8, 4) is 0 Å². The topological polar surface area (TPSA) is 127 Å². The van der Waals surface area contributed by atoms with Crippen LogP contribution in [0.25, 0.3) is 0 Å². The van der Waals surface area contributed by atoms with Crippen molar-refractivity contribution in [3.05, 3.63) is 0 Å². The smallest absolute Gasteiger partial charge is 0.262 e. The fourth-order valence-electron chi connectivity index (χ4n) is 3.68. The zero-order chi connectivity index (χ0) is 25.8. The van der Waals surface area contributed by atoms with E-state index in [0.717, 1.165) is 24.1 Å². The van der Waals surface area contributed by atoms with Gasteiger partial charge in [0.2, 0.25) is 0 Å². The molecule has 0 aromatic heterocycles. The summed E-state index contributed by atoms with van der Waals surface area (Å²) in [4.78, 5) is 22.9. The van der Waals surface area contributed by atoms with Crippen LogP contribution in [-0.2, 0) is 4.57 Å². The Hall–Kier alpha value is -0.0100. The van der Waals surface area contributed by atoms with E-state index < -0.39 is 7.82 Å². The van der Waals surface area contributed by atoms with Crippen molar-refractivity contribution in [2.24, 2.45) is 5.73 Å². The van der Waals surface area contributed by atoms with Crippen LogP contribution in [-0.4, -0.2) is 59.7 Å². The Morgan fingerprint density at radius 2 is 0.970 bits per heavy atom. The first kappa shape index (κ1) is 37.5. The van der Waals surface area contributed by atoms with E-state index in [-0.39, 0.29) is 0 Å². The van der Waals surface area contributed by atoms with Crippen molar-refractivity contribution in [2.75, 3.05) is 40.3 Å². The highest BCUT2D eigenvalue weighted by Crippen LogP contribution is 2.19. The van der Waals surface area contributed by atoms with Crippen LogP contribution in [0.3, 0.4) is 0 Å². The predicted octanol–water partition coefficient (Wildman–Crippen LogP) is 5.11. The molecule has 0 heterocycles. The number of likely N-dealkylation sites (N-methyl/N-ethyl adjacent to an activating group) is 1. The lowest BCUT2D eigenvalue weighted by molar-refractivity contribution is -0.890. The molecule has 5 N–H and O–H groups in total. The van der Waals surface area contributed by atoms with Crippen molar-refractivity contribution in [1.29, 1.82) is 0 Å². The second-order valence-electron chi connectivity index (χ2n) is 9.69. The molecule has 0 amide bonds. The van der Waals surface area contributed by atoms with Crippen LogP contribution in [0.5, 0.6) is 0 Å². The van der Waals surface area contributed by atoms with Gasteiger partial charge in [-0.2, -0.15) is 0 Å². The molecule has 0 aromatic rings. The van der Waals surface area contributed by atoms with E-state index in [4.69, 9.17) is 30.1 Å². The highest BCUT2D eigenvalue weighted by molar-refractivity contribution is 7.43. The van der Waals surface area contributed by atoms with E-state index >= 15 is 0 Å². The van der Waals surface area contributed by atoms with Gasteiger partial charge < -0.3 is 30.0 Å². The quantitative estimate of drug-likeness (QED) is 0.105. The molecule has 33 heavy (non-hydrogen) atoms. The molecular weight excluding hydrogens is 439 g/mol. The first-order valence-corrected chi connectivity index (χ1v) is 15.0. The fourth-order valence-corrected chi connectivity index (χ4v) is 3.68. The number of quaternary nitrogens is 1. The summed E-state index contributed by atoms with van der Waals surface area (Å²) in [6.45, 7) is 7.65. The average molecular weight is 499 g/mol. The van der Waals surface area contributed by atoms with Gasteiger partial charge in [-0.25, -0.2) is 0 Å². The monoisotopic (exact) mass is 498 g/mol. The Kier molecular flexibility index (Phi) is 32.1. The standard InChI is InChI=1S/C18H39N.C7H18NO.H3O4P/c1-2-3-4-5-6-7-8-9-10-11-12-13-14-15-16-17-18-19;1-4-5-8(2,3)6-7-9;1-5(2,3)4/h2-19H2,1H3;9H,4-7H2,1-3H3;(H3,1,2,3,4)/q;+1;/p-1. The van der Waals surface area contributed by atoms with Crippen LogP contribution in [0.4, 0.5) is 0 Å². The number of aliphatic hydroxyl groups is 1. The van der Waals surface area contributed by atoms with Crippen molar-refractivity contribution in [3.63, 3.8) is 0 Å². The lowest BCUT2D eigenvalue weighted by Crippen LogP contribution is -2.42. The number of hydrogen-bond acceptors (Lipinski definition) is 4. The lowest BCUT2D eigenvalue weighted by atomic mass is 10.0. The van der Waals surface area contributed by atoms with Crippen molar-refractivity contribution in [2.45, 2.75) is 123 Å². The van der Waals surface area contributed by atoms with Crippen molar-refractivity contribution >= 4 is 7.82 Å². The number of phosphoric acid groups is 1. The van der Waals surface area contributed by atoms with Gasteiger partial charge in [0, 0.05) is 0 Å². The molecule has 0 saturated heterocycles. The molecule has 0 aromatic carbocycles. The highest BCUT2D eigenvalue weighted by atomic mass is 31.2. The maximum absolute atomic E-state index is 8.77. The third kappa shape index (κ3) is 50.0. The molecule has 0 bridgehead atoms. The molecule has 0 spiro atoms. The summed E-state index contributed by atoms with van der Waals surface area (Å²) < 4.78 is 9.71. The summed E-state index contributed by atoms with van der Waals surface area (Å²) in [6.07, 6.45) is 24.0. The number of nitrogens with two attached hydrogens (primary N) is 1. The summed E-state index contributed by atoms with van der Waals surface area (Å²) in [5, 5.41) is 8.61. The molecule has 0 radical (unpaired) electrons. The van der Waals surface area contributed by atoms with Crippen molar-refractivity contribution < 1.29 is 28.8 Å². The molecule has 0 fully saturated rings. The zero-order valence-electron chi connectivity index (χ0n) is 22.5. The molecule has 0 saturated carbocycles. The van der Waals surface area contributed by atoms with E-state index in [1.807, 2.05) is 0 Å². The van der Waals surface area contributed by atoms with Gasteiger partial charge in [-0.15, -0.1) is 0 Å². The van der Waals surface area contributed by atoms with Crippen molar-refractivity contribution in [1.82, 2.24) is 0 Å². The van der Waals surface area contributed by atoms with Gasteiger partial charge in [-0.1, -0.05) is 110 Å². The van der Waals surface area contributed by atoms with Gasteiger partial charge >= 0.3 is 0 Å². The van der Waals surface area contributed by atoms with Crippen LogP contribution in [0.15, 0.2) is 0 Å². The zero-order valence-corrected chi connectivity index (χ0v) is 23.4. The van der Waals surface area contributed by atoms with Crippen LogP contribution in [0.2, 0.25) is 0 Å². The fraction of sp³-hybridized carbons (Fsp3) is 1.00. The Balaban J connectivity index is -0.000000529. The summed E-state index contributed by atoms with van der Waals surface area (Å²) in [5.74, 6) is 0. The minimum absolute atomic E-state index is 0.299. The summed E-state index contributed by atoms with van der Waals surface area (Å²) >= 11 is 0. The summed E-state index contributed by atoms with van der Waals surface area (Å²) in [6, 6.07) is 0. The van der Waals surface area contributed by atoms with E-state index in [1.54, 1.807) is 0 Å². The van der Waals surface area contributed by atoms with E-state index in [0.29, 0.717) is 6.61 Å². The second kappa shape index (κ2) is 28.2. The molecule has 0 aliphatic heterocycles. The first-order chi connectivity index (χ1) is 15.5. The molecule has 0 unspecified atom stereocenters. The van der Waals surface area contributed by atoms with E-state index in [2.05, 4.69) is 27.9 Å². The maximum Gasteiger partial charge on any atom is 0.262 e. The van der Waals surface area contributed by atoms with Crippen LogP contribution in [0, 0.1) is 0 Å². The molecule has 0 aliphatic rings. The van der Waals surface area contributed by atoms with Gasteiger partial charge in [0.15, 0.2) is 0 Å². The highest BCUT2D eigenvalue weighted by Gasteiger charge is 2.10. The summed E-state index contributed by atoms with van der Waals surface area (Å²) in [5.41, 5.74) is 5.48. The lowest BCUT2D eigenvalue weighted by Gasteiger charge is -2.28. The molecule has 8 heteroatoms. The summed E-state index contributed by atoms with van der Waals surface area (Å²) in [7, 11) is -0.612. The van der Waals surface area contributed by atoms with Gasteiger partial charge in [0.1, 0.15) is 6.54 Å². The molecule has 0 atom stereocenters. The van der Waals surface area contributed by atoms with Gasteiger partial charge in [-0.05, 0) is 19.4 Å². The Bertz CT molecular complexity index is 374. The third-order valence-corrected chi connectivity index (χ3v) is 5.59. The number of rotatable bonds is 20. The molecule has 204 valence electrons.